The molecule has 2 rings (SSSR count). The van der Waals surface area contributed by atoms with Gasteiger partial charge >= 0.3 is 0 Å². The molecule has 0 aliphatic carbocycles. The Morgan fingerprint density at radius 2 is 2.19 bits per heavy atom. The van der Waals surface area contributed by atoms with Crippen molar-refractivity contribution in [3.63, 3.8) is 0 Å². The highest BCUT2D eigenvalue weighted by Gasteiger charge is 2.24. The summed E-state index contributed by atoms with van der Waals surface area (Å²) in [5.41, 5.74) is -0.315. The Balaban J connectivity index is 0.00000364. The van der Waals surface area contributed by atoms with Crippen LogP contribution >= 0.6 is 12.4 Å². The van der Waals surface area contributed by atoms with Crippen LogP contribution in [0.15, 0.2) is 29.2 Å². The minimum absolute atomic E-state index is 0. The molecule has 0 bridgehead atoms. The second-order valence-corrected chi connectivity index (χ2v) is 8.41. The number of carbonyl (C=O) groups excluding carboxylic acids is 1. The van der Waals surface area contributed by atoms with Crippen LogP contribution in [-0.2, 0) is 14.8 Å². The van der Waals surface area contributed by atoms with Crippen LogP contribution in [0.2, 0.25) is 0 Å². The maximum Gasteiger partial charge on any atom is 0.270 e. The highest BCUT2D eigenvalue weighted by atomic mass is 35.5. The summed E-state index contributed by atoms with van der Waals surface area (Å²) in [6.45, 7) is 2.13. The van der Waals surface area contributed by atoms with Crippen LogP contribution in [0.3, 0.4) is 0 Å². The van der Waals surface area contributed by atoms with Gasteiger partial charge in [0.15, 0.2) is 0 Å². The number of halogens is 1. The summed E-state index contributed by atoms with van der Waals surface area (Å²) >= 11 is 0. The first kappa shape index (κ1) is 23.3. The first-order valence-corrected chi connectivity index (χ1v) is 9.93. The van der Waals surface area contributed by atoms with Crippen molar-refractivity contribution in [3.05, 3.63) is 34.4 Å². The number of carbonyl (C=O) groups is 1. The number of nitrogens with zero attached hydrogens (tertiary/aromatic N) is 2. The SMILES string of the molecule is CN(CC(=O)NCCC1CCCNC1)S(=O)(=O)c1cccc([N+](=O)[O-])c1.Cl. The average Bonchev–Trinajstić information content (AvgIpc) is 2.62. The van der Waals surface area contributed by atoms with E-state index in [9.17, 15) is 23.3 Å². The van der Waals surface area contributed by atoms with E-state index in [0.29, 0.717) is 12.5 Å². The molecule has 2 N–H and O–H groups in total. The molecule has 1 atom stereocenters. The number of nitro groups is 1. The third-order valence-corrected chi connectivity index (χ3v) is 6.18. The lowest BCUT2D eigenvalue weighted by Crippen LogP contribution is -2.39. The number of hydrogen-bond donors (Lipinski definition) is 2. The highest BCUT2D eigenvalue weighted by molar-refractivity contribution is 7.89. The zero-order chi connectivity index (χ0) is 19.2. The molecule has 1 amide bonds. The molecule has 1 unspecified atom stereocenters. The number of likely N-dealkylation sites (N-methyl/N-ethyl adjacent to an activating group) is 1. The third kappa shape index (κ3) is 6.73. The quantitative estimate of drug-likeness (QED) is 0.480. The van der Waals surface area contributed by atoms with E-state index in [0.717, 1.165) is 42.7 Å². The summed E-state index contributed by atoms with van der Waals surface area (Å²) in [5.74, 6) is 0.126. The standard InChI is InChI=1S/C16H24N4O5S.ClH/c1-19(12-16(21)18-9-7-13-4-3-8-17-11-13)26(24,25)15-6-2-5-14(10-15)20(22)23;/h2,5-6,10,13,17H,3-4,7-9,11-12H2,1H3,(H,18,21);1H. The molecule has 9 nitrogen and oxygen atoms in total. The number of nitro benzene ring substituents is 1. The van der Waals surface area contributed by atoms with Gasteiger partial charge in [-0.3, -0.25) is 14.9 Å². The molecule has 0 aromatic heterocycles. The molecule has 1 aromatic rings. The van der Waals surface area contributed by atoms with Crippen LogP contribution in [0.1, 0.15) is 19.3 Å². The normalized spacial score (nSPS) is 17.2. The molecule has 27 heavy (non-hydrogen) atoms. The monoisotopic (exact) mass is 420 g/mol. The molecular formula is C16H25ClN4O5S. The Kier molecular flexibility index (Phi) is 9.10. The summed E-state index contributed by atoms with van der Waals surface area (Å²) in [6, 6.07) is 4.77. The average molecular weight is 421 g/mol. The second kappa shape index (κ2) is 10.5. The summed E-state index contributed by atoms with van der Waals surface area (Å²) in [6.07, 6.45) is 3.10. The fraction of sp³-hybridized carbons (Fsp3) is 0.562. The van der Waals surface area contributed by atoms with E-state index in [1.807, 2.05) is 0 Å². The molecule has 0 radical (unpaired) electrons. The van der Waals surface area contributed by atoms with Crippen molar-refractivity contribution in [2.24, 2.45) is 5.92 Å². The molecule has 1 saturated heterocycles. The predicted octanol–water partition coefficient (Wildman–Crippen LogP) is 1.14. The lowest BCUT2D eigenvalue weighted by molar-refractivity contribution is -0.385. The van der Waals surface area contributed by atoms with E-state index in [4.69, 9.17) is 0 Å². The topological polar surface area (TPSA) is 122 Å². The van der Waals surface area contributed by atoms with Gasteiger partial charge in [-0.1, -0.05) is 6.07 Å². The number of sulfonamides is 1. The maximum absolute atomic E-state index is 12.5. The van der Waals surface area contributed by atoms with Gasteiger partial charge in [0, 0.05) is 25.7 Å². The summed E-state index contributed by atoms with van der Waals surface area (Å²) < 4.78 is 25.8. The van der Waals surface area contributed by atoms with Crippen molar-refractivity contribution in [1.29, 1.82) is 0 Å². The largest absolute Gasteiger partial charge is 0.355 e. The summed E-state index contributed by atoms with van der Waals surface area (Å²) in [4.78, 5) is 21.9. The van der Waals surface area contributed by atoms with Gasteiger partial charge in [0.1, 0.15) is 0 Å². The Hall–Kier alpha value is -1.75. The van der Waals surface area contributed by atoms with Crippen molar-refractivity contribution in [2.75, 3.05) is 33.2 Å². The lowest BCUT2D eigenvalue weighted by Gasteiger charge is -2.23. The van der Waals surface area contributed by atoms with E-state index < -0.39 is 20.9 Å². The number of nitrogens with one attached hydrogen (secondary N) is 2. The Morgan fingerprint density at radius 1 is 1.44 bits per heavy atom. The van der Waals surface area contributed by atoms with E-state index in [-0.39, 0.29) is 29.5 Å². The number of amides is 1. The van der Waals surface area contributed by atoms with Crippen LogP contribution in [0.25, 0.3) is 0 Å². The van der Waals surface area contributed by atoms with Crippen molar-refractivity contribution >= 4 is 34.0 Å². The molecule has 1 aliphatic heterocycles. The van der Waals surface area contributed by atoms with Crippen LogP contribution in [-0.4, -0.2) is 56.8 Å². The highest BCUT2D eigenvalue weighted by Crippen LogP contribution is 2.20. The summed E-state index contributed by atoms with van der Waals surface area (Å²) in [7, 11) is -2.70. The lowest BCUT2D eigenvalue weighted by atomic mass is 9.96. The zero-order valence-electron chi connectivity index (χ0n) is 15.1. The summed E-state index contributed by atoms with van der Waals surface area (Å²) in [5, 5.41) is 16.8. The van der Waals surface area contributed by atoms with Crippen LogP contribution in [0.4, 0.5) is 5.69 Å². The van der Waals surface area contributed by atoms with E-state index in [1.54, 1.807) is 0 Å². The van der Waals surface area contributed by atoms with Gasteiger partial charge in [-0.2, -0.15) is 4.31 Å². The molecule has 1 aliphatic rings. The van der Waals surface area contributed by atoms with Crippen molar-refractivity contribution in [3.8, 4) is 0 Å². The van der Waals surface area contributed by atoms with E-state index in [2.05, 4.69) is 10.6 Å². The first-order valence-electron chi connectivity index (χ1n) is 8.49. The molecule has 1 fully saturated rings. The van der Waals surface area contributed by atoms with Gasteiger partial charge in [0.25, 0.3) is 5.69 Å². The van der Waals surface area contributed by atoms with E-state index in [1.165, 1.54) is 25.2 Å². The van der Waals surface area contributed by atoms with Crippen molar-refractivity contribution in [1.82, 2.24) is 14.9 Å². The van der Waals surface area contributed by atoms with Crippen molar-refractivity contribution in [2.45, 2.75) is 24.2 Å². The minimum Gasteiger partial charge on any atom is -0.355 e. The number of rotatable bonds is 8. The molecule has 1 aromatic carbocycles. The van der Waals surface area contributed by atoms with Crippen LogP contribution in [0, 0.1) is 16.0 Å². The number of piperidine rings is 1. The third-order valence-electron chi connectivity index (χ3n) is 4.38. The Labute approximate surface area is 165 Å². The van der Waals surface area contributed by atoms with Crippen molar-refractivity contribution < 1.29 is 18.1 Å². The van der Waals surface area contributed by atoms with Gasteiger partial charge in [0.05, 0.1) is 16.4 Å². The minimum atomic E-state index is -3.98. The Morgan fingerprint density at radius 3 is 2.81 bits per heavy atom. The first-order chi connectivity index (χ1) is 12.3. The molecular weight excluding hydrogens is 396 g/mol. The number of non-ortho nitro benzene ring substituents is 1. The van der Waals surface area contributed by atoms with E-state index >= 15 is 0 Å². The molecule has 0 saturated carbocycles. The maximum atomic E-state index is 12.5. The van der Waals surface area contributed by atoms with Gasteiger partial charge in [-0.05, 0) is 44.3 Å². The van der Waals surface area contributed by atoms with Crippen LogP contribution in [0.5, 0.6) is 0 Å². The molecule has 152 valence electrons. The smallest absolute Gasteiger partial charge is 0.270 e. The van der Waals surface area contributed by atoms with Crippen LogP contribution < -0.4 is 10.6 Å². The molecule has 11 heteroatoms. The second-order valence-electron chi connectivity index (χ2n) is 6.37. The van der Waals surface area contributed by atoms with Gasteiger partial charge in [-0.15, -0.1) is 12.4 Å². The Bertz CT molecular complexity index is 753. The molecule has 0 spiro atoms. The molecule has 1 heterocycles. The fourth-order valence-electron chi connectivity index (χ4n) is 2.87. The fourth-order valence-corrected chi connectivity index (χ4v) is 4.03. The zero-order valence-corrected chi connectivity index (χ0v) is 16.7. The predicted molar refractivity (Wildman–Crippen MR) is 103 cm³/mol. The number of hydrogen-bond acceptors (Lipinski definition) is 6. The van der Waals surface area contributed by atoms with Gasteiger partial charge < -0.3 is 10.6 Å². The van der Waals surface area contributed by atoms with Gasteiger partial charge in [0.2, 0.25) is 15.9 Å². The number of benzene rings is 1. The van der Waals surface area contributed by atoms with Gasteiger partial charge in [-0.25, -0.2) is 8.42 Å².